The Morgan fingerprint density at radius 2 is 2.19 bits per heavy atom. The first-order chi connectivity index (χ1) is 9.95. The monoisotopic (exact) mass is 287 g/mol. The third-order valence-corrected chi connectivity index (χ3v) is 3.06. The minimum absolute atomic E-state index is 0.145. The van der Waals surface area contributed by atoms with E-state index in [1.165, 1.54) is 10.9 Å². The molecule has 1 amide bonds. The number of benzene rings is 1. The maximum atomic E-state index is 12.0. The number of aromatic nitrogens is 2. The highest BCUT2D eigenvalue weighted by Gasteiger charge is 2.23. The molecule has 1 unspecified atom stereocenters. The van der Waals surface area contributed by atoms with Crippen LogP contribution in [0.2, 0.25) is 0 Å². The zero-order valence-corrected chi connectivity index (χ0v) is 11.9. The molecule has 0 spiro atoms. The fourth-order valence-electron chi connectivity index (χ4n) is 2.10. The number of amides is 1. The van der Waals surface area contributed by atoms with Gasteiger partial charge in [0.1, 0.15) is 0 Å². The molecule has 1 aromatic carbocycles. The van der Waals surface area contributed by atoms with Crippen molar-refractivity contribution in [2.75, 3.05) is 0 Å². The van der Waals surface area contributed by atoms with Gasteiger partial charge in [0.15, 0.2) is 6.04 Å². The fraction of sp³-hybridized carbons (Fsp3) is 0.267. The first-order valence-electron chi connectivity index (χ1n) is 6.52. The first-order valence-corrected chi connectivity index (χ1v) is 6.52. The second-order valence-corrected chi connectivity index (χ2v) is 4.95. The van der Waals surface area contributed by atoms with E-state index in [4.69, 9.17) is 0 Å². The molecule has 0 aliphatic heterocycles. The standard InChI is InChI=1S/C15H17N3O3/c1-10-4-3-5-11(6-10)7-13(19)17-14(15(20)21)12-8-16-18(2)9-12/h3-6,8-9,14H,7H2,1-2H3,(H,17,19)(H,20,21). The van der Waals surface area contributed by atoms with Gasteiger partial charge in [0.25, 0.3) is 0 Å². The second-order valence-electron chi connectivity index (χ2n) is 4.95. The summed E-state index contributed by atoms with van der Waals surface area (Å²) in [6.07, 6.45) is 3.16. The zero-order valence-electron chi connectivity index (χ0n) is 11.9. The third-order valence-electron chi connectivity index (χ3n) is 3.06. The molecule has 6 heteroatoms. The van der Waals surface area contributed by atoms with E-state index in [1.807, 2.05) is 31.2 Å². The highest BCUT2D eigenvalue weighted by atomic mass is 16.4. The molecule has 6 nitrogen and oxygen atoms in total. The van der Waals surface area contributed by atoms with Crippen LogP contribution < -0.4 is 5.32 Å². The van der Waals surface area contributed by atoms with Crippen LogP contribution in [0.25, 0.3) is 0 Å². The Labute approximate surface area is 122 Å². The molecular weight excluding hydrogens is 270 g/mol. The molecule has 0 bridgehead atoms. The number of aliphatic carboxylic acids is 1. The van der Waals surface area contributed by atoms with Gasteiger partial charge >= 0.3 is 5.97 Å². The smallest absolute Gasteiger partial charge is 0.331 e. The summed E-state index contributed by atoms with van der Waals surface area (Å²) in [5.41, 5.74) is 2.35. The van der Waals surface area contributed by atoms with Gasteiger partial charge in [-0.25, -0.2) is 4.79 Å². The average Bonchev–Trinajstić information content (AvgIpc) is 2.82. The molecule has 0 aliphatic rings. The molecule has 110 valence electrons. The summed E-state index contributed by atoms with van der Waals surface area (Å²) in [5.74, 6) is -1.45. The Morgan fingerprint density at radius 3 is 2.76 bits per heavy atom. The predicted molar refractivity (Wildman–Crippen MR) is 76.6 cm³/mol. The van der Waals surface area contributed by atoms with Crippen molar-refractivity contribution in [3.8, 4) is 0 Å². The van der Waals surface area contributed by atoms with Gasteiger partial charge in [-0.15, -0.1) is 0 Å². The summed E-state index contributed by atoms with van der Waals surface area (Å²) in [5, 5.41) is 15.7. The highest BCUT2D eigenvalue weighted by Crippen LogP contribution is 2.13. The maximum Gasteiger partial charge on any atom is 0.331 e. The quantitative estimate of drug-likeness (QED) is 0.866. The lowest BCUT2D eigenvalue weighted by Crippen LogP contribution is -2.34. The second kappa shape index (κ2) is 6.21. The minimum atomic E-state index is -1.11. The van der Waals surface area contributed by atoms with Gasteiger partial charge in [0.2, 0.25) is 5.91 Å². The van der Waals surface area contributed by atoms with Crippen LogP contribution in [-0.4, -0.2) is 26.8 Å². The van der Waals surface area contributed by atoms with Crippen molar-refractivity contribution < 1.29 is 14.7 Å². The lowest BCUT2D eigenvalue weighted by atomic mass is 10.1. The molecule has 2 N–H and O–H groups in total. The number of hydrogen-bond acceptors (Lipinski definition) is 3. The molecule has 1 aromatic heterocycles. The summed E-state index contributed by atoms with van der Waals surface area (Å²) in [4.78, 5) is 23.3. The Balaban J connectivity index is 2.07. The van der Waals surface area contributed by atoms with Crippen LogP contribution in [0.1, 0.15) is 22.7 Å². The number of carbonyl (C=O) groups excluding carboxylic acids is 1. The van der Waals surface area contributed by atoms with Crippen molar-refractivity contribution in [2.24, 2.45) is 7.05 Å². The molecule has 2 aromatic rings. The van der Waals surface area contributed by atoms with Crippen molar-refractivity contribution in [3.63, 3.8) is 0 Å². The third kappa shape index (κ3) is 3.92. The number of nitrogens with one attached hydrogen (secondary N) is 1. The van der Waals surface area contributed by atoms with Crippen molar-refractivity contribution in [3.05, 3.63) is 53.3 Å². The molecule has 1 atom stereocenters. The van der Waals surface area contributed by atoms with Gasteiger partial charge in [-0.05, 0) is 12.5 Å². The van der Waals surface area contributed by atoms with E-state index in [2.05, 4.69) is 10.4 Å². The van der Waals surface area contributed by atoms with Crippen LogP contribution in [0, 0.1) is 6.92 Å². The van der Waals surface area contributed by atoms with E-state index >= 15 is 0 Å². The molecule has 0 fully saturated rings. The number of rotatable bonds is 5. The van der Waals surface area contributed by atoms with E-state index in [1.54, 1.807) is 13.2 Å². The van der Waals surface area contributed by atoms with Gasteiger partial charge in [-0.1, -0.05) is 29.8 Å². The predicted octanol–water partition coefficient (Wildman–Crippen LogP) is 1.21. The number of aryl methyl sites for hydroxylation is 2. The number of carboxylic acid groups (broad SMARTS) is 1. The lowest BCUT2D eigenvalue weighted by Gasteiger charge is -2.13. The van der Waals surface area contributed by atoms with E-state index in [0.29, 0.717) is 5.56 Å². The molecule has 1 heterocycles. The van der Waals surface area contributed by atoms with Crippen LogP contribution in [0.5, 0.6) is 0 Å². The number of carbonyl (C=O) groups is 2. The lowest BCUT2D eigenvalue weighted by molar-refractivity contribution is -0.141. The van der Waals surface area contributed by atoms with Gasteiger partial charge in [0, 0.05) is 18.8 Å². The Bertz CT molecular complexity index is 664. The average molecular weight is 287 g/mol. The Kier molecular flexibility index (Phi) is 4.37. The maximum absolute atomic E-state index is 12.0. The van der Waals surface area contributed by atoms with Crippen molar-refractivity contribution in [2.45, 2.75) is 19.4 Å². The Morgan fingerprint density at radius 1 is 1.43 bits per heavy atom. The van der Waals surface area contributed by atoms with E-state index < -0.39 is 12.0 Å². The number of hydrogen-bond donors (Lipinski definition) is 2. The summed E-state index contributed by atoms with van der Waals surface area (Å²) in [7, 11) is 1.69. The normalized spacial score (nSPS) is 11.9. The summed E-state index contributed by atoms with van der Waals surface area (Å²) >= 11 is 0. The topological polar surface area (TPSA) is 84.2 Å². The van der Waals surface area contributed by atoms with Crippen molar-refractivity contribution >= 4 is 11.9 Å². The molecule has 0 saturated carbocycles. The summed E-state index contributed by atoms with van der Waals surface area (Å²) < 4.78 is 1.50. The van der Waals surface area contributed by atoms with Gasteiger partial charge < -0.3 is 10.4 Å². The summed E-state index contributed by atoms with van der Waals surface area (Å²) in [6, 6.07) is 6.47. The molecular formula is C15H17N3O3. The summed E-state index contributed by atoms with van der Waals surface area (Å²) in [6.45, 7) is 1.94. The molecule has 0 aliphatic carbocycles. The SMILES string of the molecule is Cc1cccc(CC(=O)NC(C(=O)O)c2cnn(C)c2)c1. The van der Waals surface area contributed by atoms with Crippen molar-refractivity contribution in [1.82, 2.24) is 15.1 Å². The van der Waals surface area contributed by atoms with Gasteiger partial charge in [-0.2, -0.15) is 5.10 Å². The molecule has 0 saturated heterocycles. The Hall–Kier alpha value is -2.63. The van der Waals surface area contributed by atoms with Crippen LogP contribution >= 0.6 is 0 Å². The van der Waals surface area contributed by atoms with E-state index in [0.717, 1.165) is 11.1 Å². The van der Waals surface area contributed by atoms with E-state index in [9.17, 15) is 14.7 Å². The van der Waals surface area contributed by atoms with Gasteiger partial charge in [0.05, 0.1) is 12.6 Å². The van der Waals surface area contributed by atoms with Crippen molar-refractivity contribution in [1.29, 1.82) is 0 Å². The molecule has 2 rings (SSSR count). The number of carboxylic acids is 1. The highest BCUT2D eigenvalue weighted by molar-refractivity contribution is 5.85. The first kappa shape index (κ1) is 14.8. The molecule has 0 radical (unpaired) electrons. The van der Waals surface area contributed by atoms with Crippen LogP contribution in [0.3, 0.4) is 0 Å². The van der Waals surface area contributed by atoms with Crippen LogP contribution in [-0.2, 0) is 23.1 Å². The largest absolute Gasteiger partial charge is 0.479 e. The van der Waals surface area contributed by atoms with Crippen LogP contribution in [0.4, 0.5) is 0 Å². The number of nitrogens with zero attached hydrogens (tertiary/aromatic N) is 2. The van der Waals surface area contributed by atoms with Gasteiger partial charge in [-0.3, -0.25) is 9.48 Å². The fourth-order valence-corrected chi connectivity index (χ4v) is 2.10. The minimum Gasteiger partial charge on any atom is -0.479 e. The van der Waals surface area contributed by atoms with E-state index in [-0.39, 0.29) is 12.3 Å². The zero-order chi connectivity index (χ0) is 15.4. The van der Waals surface area contributed by atoms with Crippen LogP contribution in [0.15, 0.2) is 36.7 Å². The molecule has 21 heavy (non-hydrogen) atoms.